The Morgan fingerprint density at radius 2 is 1.97 bits per heavy atom. The van der Waals surface area contributed by atoms with Gasteiger partial charge in [0.2, 0.25) is 0 Å². The quantitative estimate of drug-likeness (QED) is 0.513. The van der Waals surface area contributed by atoms with Gasteiger partial charge in [-0.05, 0) is 43.9 Å². The van der Waals surface area contributed by atoms with E-state index >= 15 is 0 Å². The van der Waals surface area contributed by atoms with Gasteiger partial charge < -0.3 is 9.30 Å². The molecule has 3 aromatic heterocycles. The van der Waals surface area contributed by atoms with Crippen LogP contribution in [0.5, 0.6) is 5.75 Å². The van der Waals surface area contributed by atoms with Crippen LogP contribution in [0.25, 0.3) is 27.9 Å². The zero-order valence-electron chi connectivity index (χ0n) is 17.5. The Morgan fingerprint density at radius 3 is 2.77 bits per heavy atom. The Labute approximate surface area is 174 Å². The van der Waals surface area contributed by atoms with Gasteiger partial charge in [0.15, 0.2) is 0 Å². The van der Waals surface area contributed by atoms with Gasteiger partial charge in [0.05, 0.1) is 23.7 Å². The molecule has 0 bridgehead atoms. The summed E-state index contributed by atoms with van der Waals surface area (Å²) >= 11 is 0. The number of pyridine rings is 1. The van der Waals surface area contributed by atoms with E-state index in [0.717, 1.165) is 30.6 Å². The van der Waals surface area contributed by atoms with Crippen molar-refractivity contribution in [2.75, 3.05) is 7.11 Å². The summed E-state index contributed by atoms with van der Waals surface area (Å²) < 4.78 is 9.02. The maximum Gasteiger partial charge on any atom is 0.262 e. The third-order valence-corrected chi connectivity index (χ3v) is 6.23. The molecule has 1 saturated carbocycles. The molecular formula is C23H25N5O2. The normalized spacial score (nSPS) is 19.4. The fraction of sp³-hybridized carbons (Fsp3) is 0.391. The van der Waals surface area contributed by atoms with Crippen molar-refractivity contribution in [1.29, 1.82) is 0 Å². The number of rotatable bonds is 3. The second-order valence-electron chi connectivity index (χ2n) is 8.18. The van der Waals surface area contributed by atoms with Gasteiger partial charge in [-0.15, -0.1) is 5.10 Å². The summed E-state index contributed by atoms with van der Waals surface area (Å²) in [6.45, 7) is 4.07. The number of fused-ring (bicyclic) bond motifs is 2. The lowest BCUT2D eigenvalue weighted by molar-refractivity contribution is 0.253. The minimum absolute atomic E-state index is 0.0216. The van der Waals surface area contributed by atoms with Gasteiger partial charge in [-0.1, -0.05) is 31.9 Å². The van der Waals surface area contributed by atoms with Crippen molar-refractivity contribution in [3.05, 3.63) is 52.7 Å². The van der Waals surface area contributed by atoms with Crippen LogP contribution < -0.4 is 10.3 Å². The molecule has 3 heterocycles. The summed E-state index contributed by atoms with van der Waals surface area (Å²) in [5.41, 5.74) is 2.17. The smallest absolute Gasteiger partial charge is 0.262 e. The topological polar surface area (TPSA) is 74.3 Å². The van der Waals surface area contributed by atoms with E-state index in [1.54, 1.807) is 11.6 Å². The standard InChI is InChI=1S/C23H25N5O2/c1-14-7-4-5-10-19(14)27-12-11-18-20(22(27)29)21(16-8-6-9-17(13-16)30-3)28-23(25-18)24-15(2)26-28/h6,8-9,11-14,19H,4-5,7,10H2,1-3H3/t14-,19-/m1/s1. The fourth-order valence-electron chi connectivity index (χ4n) is 4.70. The van der Waals surface area contributed by atoms with E-state index in [1.807, 2.05) is 48.0 Å². The highest BCUT2D eigenvalue weighted by atomic mass is 16.5. The van der Waals surface area contributed by atoms with E-state index in [1.165, 1.54) is 6.42 Å². The number of nitrogens with zero attached hydrogens (tertiary/aromatic N) is 5. The van der Waals surface area contributed by atoms with Gasteiger partial charge in [-0.25, -0.2) is 4.98 Å². The monoisotopic (exact) mass is 403 g/mol. The van der Waals surface area contributed by atoms with Crippen molar-refractivity contribution in [1.82, 2.24) is 24.1 Å². The molecule has 1 aromatic carbocycles. The Kier molecular flexibility index (Phi) is 4.53. The Morgan fingerprint density at radius 1 is 1.13 bits per heavy atom. The molecule has 7 nitrogen and oxygen atoms in total. The molecule has 0 N–H and O–H groups in total. The van der Waals surface area contributed by atoms with Gasteiger partial charge in [0.25, 0.3) is 11.3 Å². The van der Waals surface area contributed by atoms with Gasteiger partial charge in [-0.2, -0.15) is 9.50 Å². The maximum absolute atomic E-state index is 13.8. The molecule has 1 aliphatic carbocycles. The van der Waals surface area contributed by atoms with Crippen LogP contribution in [0, 0.1) is 12.8 Å². The van der Waals surface area contributed by atoms with E-state index < -0.39 is 0 Å². The van der Waals surface area contributed by atoms with E-state index in [-0.39, 0.29) is 11.6 Å². The predicted molar refractivity (Wildman–Crippen MR) is 116 cm³/mol. The Balaban J connectivity index is 1.85. The lowest BCUT2D eigenvalue weighted by Crippen LogP contribution is -2.31. The van der Waals surface area contributed by atoms with Crippen LogP contribution in [-0.4, -0.2) is 31.3 Å². The van der Waals surface area contributed by atoms with Crippen molar-refractivity contribution in [2.24, 2.45) is 5.92 Å². The van der Waals surface area contributed by atoms with Crippen LogP contribution in [-0.2, 0) is 0 Å². The second-order valence-corrected chi connectivity index (χ2v) is 8.18. The first-order valence-electron chi connectivity index (χ1n) is 10.5. The molecule has 0 spiro atoms. The molecule has 154 valence electrons. The summed E-state index contributed by atoms with van der Waals surface area (Å²) in [6.07, 6.45) is 6.47. The number of hydrogen-bond acceptors (Lipinski definition) is 5. The summed E-state index contributed by atoms with van der Waals surface area (Å²) in [4.78, 5) is 22.9. The molecule has 7 heteroatoms. The third-order valence-electron chi connectivity index (χ3n) is 6.23. The molecule has 0 saturated heterocycles. The van der Waals surface area contributed by atoms with Crippen LogP contribution >= 0.6 is 0 Å². The van der Waals surface area contributed by atoms with Gasteiger partial charge in [0.1, 0.15) is 11.6 Å². The highest BCUT2D eigenvalue weighted by molar-refractivity contribution is 5.93. The van der Waals surface area contributed by atoms with Gasteiger partial charge in [0, 0.05) is 17.8 Å². The largest absolute Gasteiger partial charge is 0.497 e. The molecule has 0 unspecified atom stereocenters. The Bertz CT molecular complexity index is 1310. The third kappa shape index (κ3) is 2.96. The van der Waals surface area contributed by atoms with Gasteiger partial charge in [-0.3, -0.25) is 4.79 Å². The van der Waals surface area contributed by atoms with E-state index in [4.69, 9.17) is 4.74 Å². The number of aryl methyl sites for hydroxylation is 1. The average molecular weight is 403 g/mol. The van der Waals surface area contributed by atoms with Crippen LogP contribution in [0.1, 0.15) is 44.5 Å². The van der Waals surface area contributed by atoms with Crippen LogP contribution in [0.2, 0.25) is 0 Å². The molecule has 0 aliphatic heterocycles. The first-order valence-corrected chi connectivity index (χ1v) is 10.5. The number of aromatic nitrogens is 5. The molecule has 2 atom stereocenters. The maximum atomic E-state index is 13.8. The molecule has 30 heavy (non-hydrogen) atoms. The van der Waals surface area contributed by atoms with Crippen molar-refractivity contribution in [2.45, 2.75) is 45.6 Å². The molecular weight excluding hydrogens is 378 g/mol. The average Bonchev–Trinajstić information content (AvgIpc) is 3.13. The van der Waals surface area contributed by atoms with E-state index in [9.17, 15) is 4.79 Å². The SMILES string of the molecule is COc1cccc(-c2c3c(=O)n([C@@H]4CCCC[C@H]4C)ccc3nc3nc(C)nn23)c1. The molecule has 0 amide bonds. The highest BCUT2D eigenvalue weighted by Gasteiger charge is 2.26. The van der Waals surface area contributed by atoms with E-state index in [2.05, 4.69) is 22.0 Å². The van der Waals surface area contributed by atoms with Crippen molar-refractivity contribution in [3.8, 4) is 17.0 Å². The molecule has 4 aromatic rings. The minimum atomic E-state index is -0.0216. The van der Waals surface area contributed by atoms with Crippen molar-refractivity contribution < 1.29 is 4.74 Å². The van der Waals surface area contributed by atoms with Crippen LogP contribution in [0.3, 0.4) is 0 Å². The van der Waals surface area contributed by atoms with E-state index in [0.29, 0.717) is 34.1 Å². The second kappa shape index (κ2) is 7.23. The molecule has 1 aliphatic rings. The number of hydrogen-bond donors (Lipinski definition) is 0. The molecule has 0 radical (unpaired) electrons. The predicted octanol–water partition coefficient (Wildman–Crippen LogP) is 4.17. The number of methoxy groups -OCH3 is 1. The fourth-order valence-corrected chi connectivity index (χ4v) is 4.70. The lowest BCUT2D eigenvalue weighted by Gasteiger charge is -2.30. The summed E-state index contributed by atoms with van der Waals surface area (Å²) in [6, 6.07) is 9.84. The van der Waals surface area contributed by atoms with Crippen molar-refractivity contribution >= 4 is 16.7 Å². The lowest BCUT2D eigenvalue weighted by atomic mass is 9.85. The summed E-state index contributed by atoms with van der Waals surface area (Å²) in [5, 5.41) is 5.12. The number of ether oxygens (including phenoxy) is 1. The summed E-state index contributed by atoms with van der Waals surface area (Å²) in [7, 11) is 1.64. The minimum Gasteiger partial charge on any atom is -0.497 e. The summed E-state index contributed by atoms with van der Waals surface area (Å²) in [5.74, 6) is 2.29. The highest BCUT2D eigenvalue weighted by Crippen LogP contribution is 2.34. The first kappa shape index (κ1) is 18.8. The van der Waals surface area contributed by atoms with Gasteiger partial charge >= 0.3 is 0 Å². The number of benzene rings is 1. The zero-order chi connectivity index (χ0) is 20.8. The first-order chi connectivity index (χ1) is 14.6. The van der Waals surface area contributed by atoms with Crippen LogP contribution in [0.4, 0.5) is 0 Å². The van der Waals surface area contributed by atoms with Crippen molar-refractivity contribution in [3.63, 3.8) is 0 Å². The zero-order valence-corrected chi connectivity index (χ0v) is 17.5. The van der Waals surface area contributed by atoms with Crippen LogP contribution in [0.15, 0.2) is 41.3 Å². The molecule has 5 rings (SSSR count). The molecule has 1 fully saturated rings. The Hall–Kier alpha value is -3.22.